The average molecular weight is 246 g/mol. The minimum absolute atomic E-state index is 0.601. The first-order chi connectivity index (χ1) is 8.63. The summed E-state index contributed by atoms with van der Waals surface area (Å²) in [7, 11) is 0. The van der Waals surface area contributed by atoms with Gasteiger partial charge in [0.05, 0.1) is 0 Å². The van der Waals surface area contributed by atoms with Gasteiger partial charge in [-0.2, -0.15) is 0 Å². The zero-order valence-corrected chi connectivity index (χ0v) is 12.1. The van der Waals surface area contributed by atoms with Crippen molar-refractivity contribution in [2.75, 3.05) is 18.0 Å². The first-order valence-electron chi connectivity index (χ1n) is 7.20. The fourth-order valence-corrected chi connectivity index (χ4v) is 3.09. The molecule has 1 heterocycles. The Balaban J connectivity index is 2.12. The summed E-state index contributed by atoms with van der Waals surface area (Å²) in [5.74, 6) is 0.694. The van der Waals surface area contributed by atoms with Gasteiger partial charge >= 0.3 is 0 Å². The fourth-order valence-electron chi connectivity index (χ4n) is 3.09. The summed E-state index contributed by atoms with van der Waals surface area (Å²) in [4.78, 5) is 2.56. The van der Waals surface area contributed by atoms with Crippen LogP contribution in [-0.2, 0) is 0 Å². The quantitative estimate of drug-likeness (QED) is 0.881. The van der Waals surface area contributed by atoms with Crippen LogP contribution in [0.2, 0.25) is 0 Å². The molecule has 3 unspecified atom stereocenters. The van der Waals surface area contributed by atoms with Crippen molar-refractivity contribution in [2.24, 2.45) is 5.92 Å². The van der Waals surface area contributed by atoms with Crippen LogP contribution < -0.4 is 10.2 Å². The maximum atomic E-state index is 3.62. The molecule has 0 spiro atoms. The molecule has 0 aliphatic carbocycles. The van der Waals surface area contributed by atoms with E-state index in [9.17, 15) is 0 Å². The molecule has 2 heteroatoms. The molecule has 0 radical (unpaired) electrons. The molecule has 1 saturated heterocycles. The van der Waals surface area contributed by atoms with Crippen LogP contribution in [-0.4, -0.2) is 25.2 Å². The third-order valence-corrected chi connectivity index (χ3v) is 4.37. The minimum Gasteiger partial charge on any atom is -0.368 e. The second kappa shape index (κ2) is 5.75. The van der Waals surface area contributed by atoms with Crippen molar-refractivity contribution in [3.8, 4) is 0 Å². The van der Waals surface area contributed by atoms with Gasteiger partial charge in [-0.25, -0.2) is 0 Å². The average Bonchev–Trinajstić information content (AvgIpc) is 2.35. The monoisotopic (exact) mass is 246 g/mol. The van der Waals surface area contributed by atoms with E-state index in [1.807, 2.05) is 0 Å². The Kier molecular flexibility index (Phi) is 4.28. The van der Waals surface area contributed by atoms with E-state index in [0.29, 0.717) is 18.0 Å². The largest absolute Gasteiger partial charge is 0.368 e. The second-order valence-corrected chi connectivity index (χ2v) is 5.58. The highest BCUT2D eigenvalue weighted by atomic mass is 15.2. The van der Waals surface area contributed by atoms with Crippen LogP contribution in [0.3, 0.4) is 0 Å². The number of nitrogens with one attached hydrogen (secondary N) is 1. The minimum atomic E-state index is 0.601. The van der Waals surface area contributed by atoms with Gasteiger partial charge in [-0.15, -0.1) is 0 Å². The highest BCUT2D eigenvalue weighted by Crippen LogP contribution is 2.29. The van der Waals surface area contributed by atoms with Gasteiger partial charge in [-0.3, -0.25) is 0 Å². The van der Waals surface area contributed by atoms with Crippen molar-refractivity contribution in [1.82, 2.24) is 5.32 Å². The third-order valence-electron chi connectivity index (χ3n) is 4.37. The zero-order valence-electron chi connectivity index (χ0n) is 12.1. The zero-order chi connectivity index (χ0) is 13.1. The maximum absolute atomic E-state index is 3.62. The summed E-state index contributed by atoms with van der Waals surface area (Å²) in [6, 6.07) is 10.2. The van der Waals surface area contributed by atoms with Gasteiger partial charge in [0.15, 0.2) is 0 Å². The third kappa shape index (κ3) is 2.69. The molecule has 2 nitrogen and oxygen atoms in total. The Bertz CT molecular complexity index is 388. The summed E-state index contributed by atoms with van der Waals surface area (Å²) in [5, 5.41) is 3.62. The molecule has 0 bridgehead atoms. The lowest BCUT2D eigenvalue weighted by atomic mass is 9.86. The molecule has 3 atom stereocenters. The maximum Gasteiger partial charge on any atom is 0.0371 e. The Hall–Kier alpha value is -1.02. The fraction of sp³-hybridized carbons (Fsp3) is 0.625. The standard InChI is InChI=1S/C16H26N2/c1-5-17-16-9-10-18(14(4)13(16)3)15-8-6-7-12(2)11-15/h6-8,11,13-14,16-17H,5,9-10H2,1-4H3. The van der Waals surface area contributed by atoms with E-state index in [0.717, 1.165) is 13.1 Å². The highest BCUT2D eigenvalue weighted by molar-refractivity contribution is 5.50. The van der Waals surface area contributed by atoms with E-state index in [1.54, 1.807) is 0 Å². The Labute approximate surface area is 111 Å². The van der Waals surface area contributed by atoms with Crippen LogP contribution in [0.15, 0.2) is 24.3 Å². The summed E-state index contributed by atoms with van der Waals surface area (Å²) < 4.78 is 0. The van der Waals surface area contributed by atoms with Crippen molar-refractivity contribution in [2.45, 2.75) is 46.2 Å². The molecule has 0 amide bonds. The van der Waals surface area contributed by atoms with Crippen LogP contribution in [0.4, 0.5) is 5.69 Å². The first-order valence-corrected chi connectivity index (χ1v) is 7.20. The molecule has 1 fully saturated rings. The second-order valence-electron chi connectivity index (χ2n) is 5.58. The molecular weight excluding hydrogens is 220 g/mol. The molecule has 100 valence electrons. The van der Waals surface area contributed by atoms with E-state index < -0.39 is 0 Å². The topological polar surface area (TPSA) is 15.3 Å². The van der Waals surface area contributed by atoms with Crippen molar-refractivity contribution < 1.29 is 0 Å². The van der Waals surface area contributed by atoms with E-state index in [4.69, 9.17) is 0 Å². The van der Waals surface area contributed by atoms with Crippen molar-refractivity contribution in [1.29, 1.82) is 0 Å². The van der Waals surface area contributed by atoms with Crippen LogP contribution in [0.25, 0.3) is 0 Å². The van der Waals surface area contributed by atoms with Crippen LogP contribution >= 0.6 is 0 Å². The number of aryl methyl sites for hydroxylation is 1. The number of anilines is 1. The molecule has 0 saturated carbocycles. The molecule has 1 aromatic rings. The number of rotatable bonds is 3. The first kappa shape index (κ1) is 13.4. The lowest BCUT2D eigenvalue weighted by Gasteiger charge is -2.44. The van der Waals surface area contributed by atoms with Gasteiger partial charge in [0.2, 0.25) is 0 Å². The van der Waals surface area contributed by atoms with Gasteiger partial charge in [0, 0.05) is 24.3 Å². The lowest BCUT2D eigenvalue weighted by molar-refractivity contribution is 0.274. The predicted octanol–water partition coefficient (Wildman–Crippen LogP) is 3.21. The summed E-state index contributed by atoms with van der Waals surface area (Å²) in [5.41, 5.74) is 2.73. The number of hydrogen-bond acceptors (Lipinski definition) is 2. The van der Waals surface area contributed by atoms with Gasteiger partial charge in [-0.05, 0) is 50.4 Å². The van der Waals surface area contributed by atoms with Gasteiger partial charge < -0.3 is 10.2 Å². The molecule has 1 aliphatic heterocycles. The number of benzene rings is 1. The van der Waals surface area contributed by atoms with Crippen molar-refractivity contribution in [3.05, 3.63) is 29.8 Å². The Morgan fingerprint density at radius 3 is 2.78 bits per heavy atom. The van der Waals surface area contributed by atoms with Crippen molar-refractivity contribution >= 4 is 5.69 Å². The molecule has 1 N–H and O–H groups in total. The summed E-state index contributed by atoms with van der Waals surface area (Å²) >= 11 is 0. The number of hydrogen-bond donors (Lipinski definition) is 1. The van der Waals surface area contributed by atoms with Crippen LogP contribution in [0, 0.1) is 12.8 Å². The van der Waals surface area contributed by atoms with E-state index in [1.165, 1.54) is 17.7 Å². The summed E-state index contributed by atoms with van der Waals surface area (Å²) in [6.45, 7) is 11.3. The van der Waals surface area contributed by atoms with Gasteiger partial charge in [0.25, 0.3) is 0 Å². The Morgan fingerprint density at radius 2 is 2.11 bits per heavy atom. The predicted molar refractivity (Wildman–Crippen MR) is 79.2 cm³/mol. The highest BCUT2D eigenvalue weighted by Gasteiger charge is 2.31. The van der Waals surface area contributed by atoms with E-state index in [-0.39, 0.29) is 0 Å². The normalized spacial score (nSPS) is 28.4. The SMILES string of the molecule is CCNC1CCN(c2cccc(C)c2)C(C)C1C. The molecule has 0 aromatic heterocycles. The Morgan fingerprint density at radius 1 is 1.33 bits per heavy atom. The number of piperidine rings is 1. The van der Waals surface area contributed by atoms with Crippen molar-refractivity contribution in [3.63, 3.8) is 0 Å². The molecule has 1 aliphatic rings. The van der Waals surface area contributed by atoms with Gasteiger partial charge in [0.1, 0.15) is 0 Å². The molecule has 1 aromatic carbocycles. The van der Waals surface area contributed by atoms with Crippen LogP contribution in [0.5, 0.6) is 0 Å². The number of nitrogens with zero attached hydrogens (tertiary/aromatic N) is 1. The van der Waals surface area contributed by atoms with Crippen LogP contribution in [0.1, 0.15) is 32.8 Å². The molecular formula is C16H26N2. The summed E-state index contributed by atoms with van der Waals surface area (Å²) in [6.07, 6.45) is 1.24. The molecule has 2 rings (SSSR count). The molecule has 18 heavy (non-hydrogen) atoms. The lowest BCUT2D eigenvalue weighted by Crippen LogP contribution is -2.53. The smallest absolute Gasteiger partial charge is 0.0371 e. The van der Waals surface area contributed by atoms with E-state index >= 15 is 0 Å². The van der Waals surface area contributed by atoms with E-state index in [2.05, 4.69) is 62.2 Å². The van der Waals surface area contributed by atoms with Gasteiger partial charge in [-0.1, -0.05) is 26.0 Å².